The Balaban J connectivity index is 1.28. The Labute approximate surface area is 173 Å². The van der Waals surface area contributed by atoms with E-state index < -0.39 is 5.97 Å². The van der Waals surface area contributed by atoms with Crippen molar-refractivity contribution in [2.45, 2.75) is 13.5 Å². The minimum Gasteiger partial charge on any atom is -0.454 e. The second kappa shape index (κ2) is 8.77. The van der Waals surface area contributed by atoms with E-state index in [1.54, 1.807) is 29.2 Å². The third-order valence-corrected chi connectivity index (χ3v) is 4.69. The molecule has 30 heavy (non-hydrogen) atoms. The van der Waals surface area contributed by atoms with Gasteiger partial charge in [-0.15, -0.1) is 0 Å². The first-order valence-electron chi connectivity index (χ1n) is 9.53. The molecule has 0 bridgehead atoms. The number of hydrogen-bond donors (Lipinski definition) is 0. The lowest BCUT2D eigenvalue weighted by molar-refractivity contribution is -0.148. The van der Waals surface area contributed by atoms with Gasteiger partial charge in [-0.1, -0.05) is 12.1 Å². The Hall–Kier alpha value is -3.68. The van der Waals surface area contributed by atoms with Crippen LogP contribution in [-0.4, -0.2) is 43.5 Å². The minimum absolute atomic E-state index is 0.187. The first kappa shape index (κ1) is 19.6. The summed E-state index contributed by atoms with van der Waals surface area (Å²) in [6.45, 7) is 2.79. The summed E-state index contributed by atoms with van der Waals surface area (Å²) in [4.78, 5) is 26.0. The van der Waals surface area contributed by atoms with E-state index in [-0.39, 0.29) is 26.1 Å². The van der Waals surface area contributed by atoms with Gasteiger partial charge in [-0.3, -0.25) is 4.79 Å². The molecule has 0 fully saturated rings. The second-order valence-electron chi connectivity index (χ2n) is 6.65. The average molecular weight is 411 g/mol. The molecule has 0 N–H and O–H groups in total. The van der Waals surface area contributed by atoms with Crippen LogP contribution in [0, 0.1) is 0 Å². The number of esters is 1. The molecule has 0 radical (unpaired) electrons. The van der Waals surface area contributed by atoms with Crippen molar-refractivity contribution >= 4 is 18.0 Å². The lowest BCUT2D eigenvalue weighted by atomic mass is 10.2. The number of carbonyl (C=O) groups excluding carboxylic acids is 2. The Morgan fingerprint density at radius 2 is 1.63 bits per heavy atom. The van der Waals surface area contributed by atoms with Crippen molar-refractivity contribution in [3.05, 3.63) is 53.6 Å². The topological polar surface area (TPSA) is 83.5 Å². The molecule has 0 saturated heterocycles. The Morgan fingerprint density at radius 1 is 0.967 bits per heavy atom. The van der Waals surface area contributed by atoms with E-state index in [1.165, 1.54) is 6.08 Å². The smallest absolute Gasteiger partial charge is 0.331 e. The molecule has 1 amide bonds. The zero-order valence-corrected chi connectivity index (χ0v) is 16.5. The standard InChI is InChI=1S/C22H21NO7/c1-2-23(11-16-4-7-18-20(10-16)30-14-28-18)21(24)12-26-22(25)8-5-15-3-6-17-19(9-15)29-13-27-17/h3-10H,2,11-14H2,1H3/b8-5+. The van der Waals surface area contributed by atoms with Gasteiger partial charge in [0.2, 0.25) is 13.6 Å². The molecule has 2 aromatic carbocycles. The van der Waals surface area contributed by atoms with Crippen LogP contribution in [0.1, 0.15) is 18.1 Å². The van der Waals surface area contributed by atoms with Gasteiger partial charge in [-0.25, -0.2) is 4.79 Å². The summed E-state index contributed by atoms with van der Waals surface area (Å²) in [5.74, 6) is 1.78. The summed E-state index contributed by atoms with van der Waals surface area (Å²) >= 11 is 0. The maximum atomic E-state index is 12.5. The van der Waals surface area contributed by atoms with E-state index in [4.69, 9.17) is 23.7 Å². The fourth-order valence-electron chi connectivity index (χ4n) is 3.09. The van der Waals surface area contributed by atoms with Gasteiger partial charge in [-0.05, 0) is 48.4 Å². The van der Waals surface area contributed by atoms with Gasteiger partial charge in [0, 0.05) is 19.2 Å². The molecule has 0 saturated carbocycles. The maximum Gasteiger partial charge on any atom is 0.331 e. The van der Waals surface area contributed by atoms with Crippen LogP contribution in [0.15, 0.2) is 42.5 Å². The molecule has 2 heterocycles. The van der Waals surface area contributed by atoms with Crippen LogP contribution in [0.2, 0.25) is 0 Å². The van der Waals surface area contributed by atoms with Crippen LogP contribution in [0.25, 0.3) is 6.08 Å². The van der Waals surface area contributed by atoms with Gasteiger partial charge in [0.25, 0.3) is 5.91 Å². The lowest BCUT2D eigenvalue weighted by Crippen LogP contribution is -2.33. The summed E-state index contributed by atoms with van der Waals surface area (Å²) in [6, 6.07) is 10.9. The summed E-state index contributed by atoms with van der Waals surface area (Å²) < 4.78 is 26.3. The number of rotatable bonds is 7. The van der Waals surface area contributed by atoms with Crippen molar-refractivity contribution in [2.24, 2.45) is 0 Å². The zero-order valence-electron chi connectivity index (χ0n) is 16.5. The number of likely N-dealkylation sites (N-methyl/N-ethyl adjacent to an activating group) is 1. The molecule has 2 aliphatic heterocycles. The molecule has 2 aliphatic rings. The SMILES string of the molecule is CCN(Cc1ccc2c(c1)OCO2)C(=O)COC(=O)/C=C/c1ccc2c(c1)OCO2. The fraction of sp³-hybridized carbons (Fsp3) is 0.273. The molecule has 0 unspecified atom stereocenters. The third kappa shape index (κ3) is 4.48. The first-order valence-corrected chi connectivity index (χ1v) is 9.53. The van der Waals surface area contributed by atoms with E-state index in [9.17, 15) is 9.59 Å². The van der Waals surface area contributed by atoms with Gasteiger partial charge in [-0.2, -0.15) is 0 Å². The van der Waals surface area contributed by atoms with E-state index >= 15 is 0 Å². The number of hydrogen-bond acceptors (Lipinski definition) is 7. The van der Waals surface area contributed by atoms with Crippen LogP contribution in [0.4, 0.5) is 0 Å². The number of nitrogens with zero attached hydrogens (tertiary/aromatic N) is 1. The van der Waals surface area contributed by atoms with Gasteiger partial charge in [0.15, 0.2) is 29.6 Å². The Kier molecular flexibility index (Phi) is 5.74. The number of fused-ring (bicyclic) bond motifs is 2. The number of ether oxygens (including phenoxy) is 5. The molecule has 8 nitrogen and oxygen atoms in total. The zero-order chi connectivity index (χ0) is 20.9. The van der Waals surface area contributed by atoms with Crippen molar-refractivity contribution in [3.63, 3.8) is 0 Å². The number of benzene rings is 2. The lowest BCUT2D eigenvalue weighted by Gasteiger charge is -2.20. The van der Waals surface area contributed by atoms with Gasteiger partial charge < -0.3 is 28.6 Å². The summed E-state index contributed by atoms with van der Waals surface area (Å²) in [5.41, 5.74) is 1.67. The highest BCUT2D eigenvalue weighted by Crippen LogP contribution is 2.33. The van der Waals surface area contributed by atoms with Crippen molar-refractivity contribution < 1.29 is 33.3 Å². The van der Waals surface area contributed by atoms with Crippen LogP contribution >= 0.6 is 0 Å². The van der Waals surface area contributed by atoms with Crippen molar-refractivity contribution in [2.75, 3.05) is 26.7 Å². The molecule has 156 valence electrons. The molecule has 2 aromatic rings. The normalized spacial score (nSPS) is 13.5. The first-order chi connectivity index (χ1) is 14.6. The second-order valence-corrected chi connectivity index (χ2v) is 6.65. The summed E-state index contributed by atoms with van der Waals surface area (Å²) in [6.07, 6.45) is 2.87. The van der Waals surface area contributed by atoms with Crippen molar-refractivity contribution in [1.29, 1.82) is 0 Å². The Morgan fingerprint density at radius 3 is 2.37 bits per heavy atom. The molecular weight excluding hydrogens is 390 g/mol. The summed E-state index contributed by atoms with van der Waals surface area (Å²) in [7, 11) is 0. The summed E-state index contributed by atoms with van der Waals surface area (Å²) in [5, 5.41) is 0. The molecule has 0 spiro atoms. The quantitative estimate of drug-likeness (QED) is 0.512. The molecule has 0 atom stereocenters. The van der Waals surface area contributed by atoms with Crippen LogP contribution in [-0.2, 0) is 20.9 Å². The van der Waals surface area contributed by atoms with E-state index in [2.05, 4.69) is 0 Å². The predicted octanol–water partition coefficient (Wildman–Crippen LogP) is 2.75. The van der Waals surface area contributed by atoms with E-state index in [0.29, 0.717) is 36.1 Å². The molecular formula is C22H21NO7. The van der Waals surface area contributed by atoms with Gasteiger partial charge in [0.05, 0.1) is 0 Å². The van der Waals surface area contributed by atoms with Gasteiger partial charge in [0.1, 0.15) is 0 Å². The molecule has 0 aromatic heterocycles. The van der Waals surface area contributed by atoms with Crippen molar-refractivity contribution in [1.82, 2.24) is 4.90 Å². The number of amides is 1. The van der Waals surface area contributed by atoms with Crippen LogP contribution < -0.4 is 18.9 Å². The van der Waals surface area contributed by atoms with Crippen molar-refractivity contribution in [3.8, 4) is 23.0 Å². The van der Waals surface area contributed by atoms with Crippen LogP contribution in [0.3, 0.4) is 0 Å². The average Bonchev–Trinajstić information content (AvgIpc) is 3.42. The highest BCUT2D eigenvalue weighted by Gasteiger charge is 2.18. The highest BCUT2D eigenvalue weighted by molar-refractivity contribution is 5.89. The number of carbonyl (C=O) groups is 2. The highest BCUT2D eigenvalue weighted by atomic mass is 16.7. The van der Waals surface area contributed by atoms with Crippen LogP contribution in [0.5, 0.6) is 23.0 Å². The largest absolute Gasteiger partial charge is 0.454 e. The maximum absolute atomic E-state index is 12.5. The molecule has 0 aliphatic carbocycles. The minimum atomic E-state index is -0.597. The molecule has 8 heteroatoms. The predicted molar refractivity (Wildman–Crippen MR) is 106 cm³/mol. The van der Waals surface area contributed by atoms with Gasteiger partial charge >= 0.3 is 5.97 Å². The monoisotopic (exact) mass is 411 g/mol. The van der Waals surface area contributed by atoms with E-state index in [1.807, 2.05) is 25.1 Å². The molecule has 4 rings (SSSR count). The third-order valence-electron chi connectivity index (χ3n) is 4.69. The Bertz CT molecular complexity index is 985. The van der Waals surface area contributed by atoms with E-state index in [0.717, 1.165) is 11.1 Å². The fourth-order valence-corrected chi connectivity index (χ4v) is 3.09.